The molecule has 15 heavy (non-hydrogen) atoms. The number of nitrogens with zero attached hydrogens (tertiary/aromatic N) is 4. The zero-order chi connectivity index (χ0) is 10.8. The molecule has 0 atom stereocenters. The molecule has 2 heterocycles. The second-order valence-electron chi connectivity index (χ2n) is 2.94. The molecule has 0 aliphatic carbocycles. The average Bonchev–Trinajstić information content (AvgIpc) is 2.49. The summed E-state index contributed by atoms with van der Waals surface area (Å²) in [5.74, 6) is 0.551. The van der Waals surface area contributed by atoms with Crippen LogP contribution in [0.25, 0.3) is 0 Å². The van der Waals surface area contributed by atoms with E-state index in [4.69, 9.17) is 11.5 Å². The lowest BCUT2D eigenvalue weighted by Crippen LogP contribution is -1.99. The van der Waals surface area contributed by atoms with Gasteiger partial charge in [0.15, 0.2) is 0 Å². The third-order valence-corrected chi connectivity index (χ3v) is 2.51. The normalized spacial score (nSPS) is 10.5. The summed E-state index contributed by atoms with van der Waals surface area (Å²) in [6.45, 7) is 0. The summed E-state index contributed by atoms with van der Waals surface area (Å²) in [4.78, 5) is 8.82. The van der Waals surface area contributed by atoms with Crippen molar-refractivity contribution in [1.29, 1.82) is 0 Å². The van der Waals surface area contributed by atoms with E-state index in [2.05, 4.69) is 15.1 Å². The van der Waals surface area contributed by atoms with Crippen LogP contribution in [0.15, 0.2) is 28.4 Å². The highest BCUT2D eigenvalue weighted by Gasteiger charge is 2.03. The summed E-state index contributed by atoms with van der Waals surface area (Å²) in [6, 6.07) is 1.67. The highest BCUT2D eigenvalue weighted by molar-refractivity contribution is 7.99. The van der Waals surface area contributed by atoms with E-state index in [0.717, 1.165) is 4.90 Å². The van der Waals surface area contributed by atoms with E-state index < -0.39 is 0 Å². The Morgan fingerprint density at radius 3 is 2.73 bits per heavy atom. The first kappa shape index (κ1) is 9.78. The molecule has 0 aliphatic heterocycles. The van der Waals surface area contributed by atoms with Crippen LogP contribution in [0, 0.1) is 0 Å². The Labute approximate surface area is 90.7 Å². The largest absolute Gasteiger partial charge is 0.383 e. The number of rotatable bonds is 2. The van der Waals surface area contributed by atoms with Gasteiger partial charge in [-0.3, -0.25) is 4.68 Å². The average molecular weight is 222 g/mol. The Kier molecular flexibility index (Phi) is 2.46. The number of nitrogen functional groups attached to an aromatic ring is 2. The Morgan fingerprint density at radius 2 is 2.13 bits per heavy atom. The summed E-state index contributed by atoms with van der Waals surface area (Å²) >= 11 is 1.44. The first-order valence-corrected chi connectivity index (χ1v) is 5.01. The number of aromatic nitrogens is 4. The van der Waals surface area contributed by atoms with Gasteiger partial charge in [-0.25, -0.2) is 4.98 Å². The van der Waals surface area contributed by atoms with E-state index in [0.29, 0.717) is 10.8 Å². The number of aryl methyl sites for hydroxylation is 1. The van der Waals surface area contributed by atoms with Crippen molar-refractivity contribution < 1.29 is 0 Å². The van der Waals surface area contributed by atoms with Crippen LogP contribution in [0.3, 0.4) is 0 Å². The standard InChI is InChI=1S/C8H10N6S/c1-14-4-5(3-11-14)15-7-2-6(9)12-8(10)13-7/h2-4H,1H3,(H4,9,10,12,13). The molecule has 0 amide bonds. The van der Waals surface area contributed by atoms with E-state index in [1.165, 1.54) is 11.8 Å². The van der Waals surface area contributed by atoms with Gasteiger partial charge in [-0.15, -0.1) is 0 Å². The minimum Gasteiger partial charge on any atom is -0.383 e. The van der Waals surface area contributed by atoms with Crippen molar-refractivity contribution in [3.05, 3.63) is 18.5 Å². The third kappa shape index (κ3) is 2.38. The Balaban J connectivity index is 2.24. The van der Waals surface area contributed by atoms with Crippen LogP contribution >= 0.6 is 11.8 Å². The molecule has 0 saturated carbocycles. The van der Waals surface area contributed by atoms with Gasteiger partial charge >= 0.3 is 0 Å². The van der Waals surface area contributed by atoms with E-state index in [-0.39, 0.29) is 5.95 Å². The summed E-state index contributed by atoms with van der Waals surface area (Å²) in [5, 5.41) is 4.76. The molecular weight excluding hydrogens is 212 g/mol. The van der Waals surface area contributed by atoms with Gasteiger partial charge in [-0.05, 0) is 0 Å². The van der Waals surface area contributed by atoms with Crippen molar-refractivity contribution in [2.24, 2.45) is 7.05 Å². The second kappa shape index (κ2) is 3.77. The van der Waals surface area contributed by atoms with Gasteiger partial charge in [0, 0.05) is 19.3 Å². The highest BCUT2D eigenvalue weighted by Crippen LogP contribution is 2.26. The van der Waals surface area contributed by atoms with Gasteiger partial charge in [0.25, 0.3) is 0 Å². The Bertz CT molecular complexity index is 459. The lowest BCUT2D eigenvalue weighted by atomic mass is 10.6. The molecule has 0 aromatic carbocycles. The van der Waals surface area contributed by atoms with Gasteiger partial charge in [-0.2, -0.15) is 10.1 Å². The first-order chi connectivity index (χ1) is 7.13. The number of nitrogens with two attached hydrogens (primary N) is 2. The van der Waals surface area contributed by atoms with Crippen molar-refractivity contribution >= 4 is 23.5 Å². The smallest absolute Gasteiger partial charge is 0.223 e. The topological polar surface area (TPSA) is 95.6 Å². The molecule has 0 bridgehead atoms. The molecule has 2 rings (SSSR count). The lowest BCUT2D eigenvalue weighted by molar-refractivity contribution is 0.766. The maximum atomic E-state index is 5.55. The predicted molar refractivity (Wildman–Crippen MR) is 58.2 cm³/mol. The van der Waals surface area contributed by atoms with Crippen molar-refractivity contribution in [3.8, 4) is 0 Å². The summed E-state index contributed by atoms with van der Waals surface area (Å²) in [6.07, 6.45) is 3.64. The molecular formula is C8H10N6S. The zero-order valence-electron chi connectivity index (χ0n) is 8.08. The van der Waals surface area contributed by atoms with Crippen LogP contribution in [0.1, 0.15) is 0 Å². The molecule has 0 saturated heterocycles. The van der Waals surface area contributed by atoms with Crippen LogP contribution < -0.4 is 11.5 Å². The van der Waals surface area contributed by atoms with Crippen LogP contribution in [-0.4, -0.2) is 19.7 Å². The van der Waals surface area contributed by atoms with Crippen LogP contribution in [-0.2, 0) is 7.05 Å². The summed E-state index contributed by atoms with van der Waals surface area (Å²) in [5.41, 5.74) is 11.0. The molecule has 2 aromatic heterocycles. The minimum absolute atomic E-state index is 0.182. The molecule has 0 fully saturated rings. The van der Waals surface area contributed by atoms with Gasteiger partial charge in [-0.1, -0.05) is 11.8 Å². The fourth-order valence-corrected chi connectivity index (χ4v) is 1.95. The second-order valence-corrected chi connectivity index (χ2v) is 4.03. The number of anilines is 2. The fraction of sp³-hybridized carbons (Fsp3) is 0.125. The van der Waals surface area contributed by atoms with Crippen LogP contribution in [0.4, 0.5) is 11.8 Å². The Morgan fingerprint density at radius 1 is 1.33 bits per heavy atom. The molecule has 0 unspecified atom stereocenters. The van der Waals surface area contributed by atoms with Gasteiger partial charge in [0.2, 0.25) is 5.95 Å². The van der Waals surface area contributed by atoms with Crippen molar-refractivity contribution in [2.45, 2.75) is 9.92 Å². The minimum atomic E-state index is 0.182. The number of hydrogen-bond donors (Lipinski definition) is 2. The molecule has 0 spiro atoms. The molecule has 0 radical (unpaired) electrons. The highest BCUT2D eigenvalue weighted by atomic mass is 32.2. The van der Waals surface area contributed by atoms with Crippen LogP contribution in [0.5, 0.6) is 0 Å². The van der Waals surface area contributed by atoms with Gasteiger partial charge in [0.1, 0.15) is 10.8 Å². The molecule has 7 heteroatoms. The molecule has 6 nitrogen and oxygen atoms in total. The summed E-state index contributed by atoms with van der Waals surface area (Å²) < 4.78 is 1.72. The SMILES string of the molecule is Cn1cc(Sc2cc(N)nc(N)n2)cn1. The summed E-state index contributed by atoms with van der Waals surface area (Å²) in [7, 11) is 1.85. The molecule has 4 N–H and O–H groups in total. The molecule has 2 aromatic rings. The van der Waals surface area contributed by atoms with E-state index in [9.17, 15) is 0 Å². The quantitative estimate of drug-likeness (QED) is 0.719. The number of hydrogen-bond acceptors (Lipinski definition) is 6. The van der Waals surface area contributed by atoms with Gasteiger partial charge < -0.3 is 11.5 Å². The third-order valence-electron chi connectivity index (χ3n) is 1.64. The van der Waals surface area contributed by atoms with Crippen molar-refractivity contribution in [2.75, 3.05) is 11.5 Å². The van der Waals surface area contributed by atoms with E-state index in [1.54, 1.807) is 16.9 Å². The van der Waals surface area contributed by atoms with E-state index >= 15 is 0 Å². The van der Waals surface area contributed by atoms with Crippen molar-refractivity contribution in [1.82, 2.24) is 19.7 Å². The van der Waals surface area contributed by atoms with E-state index in [1.807, 2.05) is 13.2 Å². The first-order valence-electron chi connectivity index (χ1n) is 4.20. The fourth-order valence-electron chi connectivity index (χ4n) is 1.09. The maximum absolute atomic E-state index is 5.55. The lowest BCUT2D eigenvalue weighted by Gasteiger charge is -2.00. The zero-order valence-corrected chi connectivity index (χ0v) is 8.90. The Hall–Kier alpha value is -1.76. The monoisotopic (exact) mass is 222 g/mol. The maximum Gasteiger partial charge on any atom is 0.223 e. The predicted octanol–water partition coefficient (Wildman–Crippen LogP) is 0.526. The molecule has 0 aliphatic rings. The molecule has 78 valence electrons. The van der Waals surface area contributed by atoms with Gasteiger partial charge in [0.05, 0.1) is 11.1 Å². The van der Waals surface area contributed by atoms with Crippen LogP contribution in [0.2, 0.25) is 0 Å². The van der Waals surface area contributed by atoms with Crippen molar-refractivity contribution in [3.63, 3.8) is 0 Å².